The Kier molecular flexibility index (Phi) is 19.7. The third-order valence-corrected chi connectivity index (χ3v) is 14.4. The Labute approximate surface area is 395 Å². The van der Waals surface area contributed by atoms with Crippen LogP contribution in [0.15, 0.2) is 67.5 Å². The zero-order valence-electron chi connectivity index (χ0n) is 40.9. The van der Waals surface area contributed by atoms with E-state index in [-0.39, 0.29) is 36.1 Å². The van der Waals surface area contributed by atoms with Crippen LogP contribution in [0.2, 0.25) is 0 Å². The maximum Gasteiger partial charge on any atom is 0.410 e. The summed E-state index contributed by atoms with van der Waals surface area (Å²) in [6, 6.07) is 0. The summed E-state index contributed by atoms with van der Waals surface area (Å²) in [6.45, 7) is 25.8. The number of nitrogens with zero attached hydrogens (tertiary/aromatic N) is 1. The van der Waals surface area contributed by atoms with Crippen LogP contribution in [0.5, 0.6) is 0 Å². The molecule has 2 amide bonds. The fourth-order valence-corrected chi connectivity index (χ4v) is 11.1. The predicted octanol–water partition coefficient (Wildman–Crippen LogP) is 10.8. The van der Waals surface area contributed by atoms with Crippen LogP contribution in [-0.4, -0.2) is 86.4 Å². The van der Waals surface area contributed by atoms with Crippen LogP contribution in [0.4, 0.5) is 4.79 Å². The minimum Gasteiger partial charge on any atom is -0.465 e. The maximum atomic E-state index is 13.0. The van der Waals surface area contributed by atoms with Crippen LogP contribution in [0, 0.1) is 13.8 Å². The Morgan fingerprint density at radius 1 is 0.754 bits per heavy atom. The molecular weight excluding hydrogens is 857 g/mol. The van der Waals surface area contributed by atoms with Crippen molar-refractivity contribution in [2.24, 2.45) is 5.73 Å². The van der Waals surface area contributed by atoms with Crippen molar-refractivity contribution in [2.45, 2.75) is 133 Å². The van der Waals surface area contributed by atoms with Gasteiger partial charge in [0.05, 0.1) is 18.2 Å². The molecule has 2 aromatic heterocycles. The van der Waals surface area contributed by atoms with E-state index in [0.717, 1.165) is 95.5 Å². The first-order valence-corrected chi connectivity index (χ1v) is 24.6. The number of thiophene rings is 2. The number of likely N-dealkylation sites (tertiary alicyclic amines) is 1. The molecule has 13 heteroatoms. The van der Waals surface area contributed by atoms with Gasteiger partial charge in [-0.25, -0.2) is 9.59 Å². The number of ether oxygens (including phenoxy) is 2. The van der Waals surface area contributed by atoms with Gasteiger partial charge in [-0.05, 0) is 147 Å². The average molecular weight is 929 g/mol. The molecule has 2 aliphatic carbocycles. The van der Waals surface area contributed by atoms with Crippen molar-refractivity contribution < 1.29 is 33.4 Å². The topological polar surface area (TPSA) is 157 Å². The standard InChI is InChI=1S/C28H38N2O4S.C15H21NO2S.C9H13NO/c1-8-21(20-9-11-30(12-10-20)27(33)34-28(5,6)7)25-19(4)23(16-35-25)26(32)29-15-22-18(3)13-17(2)14-24(22)31;1-4-12(11-5-7-16-8-6-11)14-10(2)13(9-19-14)15(17)18-3;1-6-3-7(2)8(5-10)9(11)4-6/h13,16H,8-12,14-15H2,1-7H3,(H,29,32);9,16H,4-8H2,1-3H3;3H,4-5,10H2,1-2H3. The highest BCUT2D eigenvalue weighted by molar-refractivity contribution is 7.12. The molecule has 0 unspecified atom stereocenters. The molecule has 354 valence electrons. The second-order valence-electron chi connectivity index (χ2n) is 18.2. The van der Waals surface area contributed by atoms with Crippen molar-refractivity contribution in [3.8, 4) is 0 Å². The summed E-state index contributed by atoms with van der Waals surface area (Å²) < 4.78 is 10.3. The second-order valence-corrected chi connectivity index (χ2v) is 19.9. The minimum absolute atomic E-state index is 0.0845. The van der Waals surface area contributed by atoms with Gasteiger partial charge in [0.1, 0.15) is 5.60 Å². The molecule has 4 heterocycles. The lowest BCUT2D eigenvalue weighted by Gasteiger charge is -2.32. The van der Waals surface area contributed by atoms with Crippen LogP contribution in [-0.2, 0) is 19.1 Å². The van der Waals surface area contributed by atoms with Gasteiger partial charge in [-0.2, -0.15) is 0 Å². The fraction of sp³-hybridized carbons (Fsp3) is 0.519. The number of nitrogens with two attached hydrogens (primary N) is 1. The number of Topliss-reactive ketones (excluding diaryl/α,β-unsaturated/α-hetero) is 2. The number of esters is 1. The lowest BCUT2D eigenvalue weighted by Crippen LogP contribution is -2.40. The molecule has 0 atom stereocenters. The van der Waals surface area contributed by atoms with Gasteiger partial charge in [0.15, 0.2) is 11.6 Å². The van der Waals surface area contributed by atoms with E-state index in [2.05, 4.69) is 24.5 Å². The highest BCUT2D eigenvalue weighted by Gasteiger charge is 2.28. The average Bonchev–Trinajstić information content (AvgIpc) is 3.82. The van der Waals surface area contributed by atoms with E-state index in [9.17, 15) is 24.0 Å². The molecule has 0 bridgehead atoms. The smallest absolute Gasteiger partial charge is 0.410 e. The third kappa shape index (κ3) is 14.2. The van der Waals surface area contributed by atoms with E-state index >= 15 is 0 Å². The number of piperidine rings is 2. The first kappa shape index (κ1) is 52.9. The Morgan fingerprint density at radius 2 is 1.23 bits per heavy atom. The van der Waals surface area contributed by atoms with Crippen LogP contribution >= 0.6 is 22.7 Å². The molecule has 2 saturated heterocycles. The number of methoxy groups -OCH3 is 1. The first-order valence-electron chi connectivity index (χ1n) is 22.9. The number of allylic oxidation sites excluding steroid dienone is 8. The maximum absolute atomic E-state index is 13.0. The van der Waals surface area contributed by atoms with E-state index in [1.54, 1.807) is 33.1 Å². The Hall–Kier alpha value is -4.69. The van der Waals surface area contributed by atoms with Gasteiger partial charge in [-0.15, -0.1) is 22.7 Å². The zero-order valence-corrected chi connectivity index (χ0v) is 42.5. The summed E-state index contributed by atoms with van der Waals surface area (Å²) in [4.78, 5) is 64.9. The number of carbonyl (C=O) groups excluding carboxylic acids is 5. The second kappa shape index (κ2) is 24.2. The van der Waals surface area contributed by atoms with E-state index in [1.807, 2.05) is 85.2 Å². The number of hydrogen-bond acceptors (Lipinski definition) is 11. The molecule has 65 heavy (non-hydrogen) atoms. The molecule has 2 aliphatic heterocycles. The van der Waals surface area contributed by atoms with E-state index < -0.39 is 5.60 Å². The minimum atomic E-state index is -0.498. The summed E-state index contributed by atoms with van der Waals surface area (Å²) in [5.74, 6) is -0.110. The quantitative estimate of drug-likeness (QED) is 0.208. The van der Waals surface area contributed by atoms with Crippen LogP contribution < -0.4 is 16.4 Å². The van der Waals surface area contributed by atoms with Crippen molar-refractivity contribution in [1.29, 1.82) is 0 Å². The molecule has 0 aromatic carbocycles. The molecule has 2 fully saturated rings. The van der Waals surface area contributed by atoms with Crippen molar-refractivity contribution in [3.63, 3.8) is 0 Å². The number of ketones is 2. The summed E-state index contributed by atoms with van der Waals surface area (Å²) in [5.41, 5.74) is 19.6. The summed E-state index contributed by atoms with van der Waals surface area (Å²) >= 11 is 3.26. The van der Waals surface area contributed by atoms with Gasteiger partial charge < -0.3 is 30.7 Å². The molecule has 11 nitrogen and oxygen atoms in total. The van der Waals surface area contributed by atoms with Gasteiger partial charge in [0, 0.05) is 70.7 Å². The van der Waals surface area contributed by atoms with E-state index in [0.29, 0.717) is 49.2 Å². The van der Waals surface area contributed by atoms with Crippen molar-refractivity contribution in [2.75, 3.05) is 46.4 Å². The van der Waals surface area contributed by atoms with Gasteiger partial charge in [-0.1, -0.05) is 48.3 Å². The van der Waals surface area contributed by atoms with E-state index in [1.165, 1.54) is 28.7 Å². The van der Waals surface area contributed by atoms with Crippen molar-refractivity contribution in [1.82, 2.24) is 15.5 Å². The Morgan fingerprint density at radius 3 is 1.69 bits per heavy atom. The van der Waals surface area contributed by atoms with Gasteiger partial charge in [-0.3, -0.25) is 14.4 Å². The van der Waals surface area contributed by atoms with Gasteiger partial charge >= 0.3 is 12.1 Å². The molecule has 4 aliphatic rings. The van der Waals surface area contributed by atoms with Crippen LogP contribution in [0.1, 0.15) is 155 Å². The number of rotatable bonds is 9. The van der Waals surface area contributed by atoms with Crippen LogP contribution in [0.25, 0.3) is 11.1 Å². The molecular formula is C52H72N4O7S2. The summed E-state index contributed by atoms with van der Waals surface area (Å²) in [5, 5.41) is 10.2. The third-order valence-electron chi connectivity index (χ3n) is 12.1. The number of hydrogen-bond donors (Lipinski definition) is 3. The zero-order chi connectivity index (χ0) is 48.2. The Bertz CT molecular complexity index is 2310. The predicted molar refractivity (Wildman–Crippen MR) is 267 cm³/mol. The van der Waals surface area contributed by atoms with Crippen molar-refractivity contribution in [3.05, 3.63) is 99.5 Å². The molecule has 0 radical (unpaired) electrons. The SMILES string of the molecule is CC1=CC(C)=C(CN)C(=O)C1.CCC(=C1CCN(C(=O)OC(C)(C)C)CC1)c1scc(C(=O)NCC2=C(C)C=C(C)CC2=O)c1C.CCC(=C1CCNCC1)c1scc(C(=O)OC)c1C. The highest BCUT2D eigenvalue weighted by atomic mass is 32.1. The molecule has 4 N–H and O–H groups in total. The first-order chi connectivity index (χ1) is 30.7. The fourth-order valence-electron chi connectivity index (χ4n) is 8.68. The number of carbonyl (C=O) groups is 5. The Balaban J connectivity index is 0.000000255. The van der Waals surface area contributed by atoms with Gasteiger partial charge in [0.25, 0.3) is 5.91 Å². The summed E-state index contributed by atoms with van der Waals surface area (Å²) in [7, 11) is 1.44. The monoisotopic (exact) mass is 928 g/mol. The molecule has 6 rings (SSSR count). The number of nitrogens with one attached hydrogen (secondary N) is 2. The molecule has 0 saturated carbocycles. The van der Waals surface area contributed by atoms with Crippen molar-refractivity contribution >= 4 is 63.4 Å². The number of amides is 2. The molecule has 0 spiro atoms. The molecule has 2 aromatic rings. The van der Waals surface area contributed by atoms with Gasteiger partial charge in [0.2, 0.25) is 0 Å². The highest BCUT2D eigenvalue weighted by Crippen LogP contribution is 2.37. The van der Waals surface area contributed by atoms with E-state index in [4.69, 9.17) is 15.2 Å². The van der Waals surface area contributed by atoms with Crippen LogP contribution in [0.3, 0.4) is 0 Å². The lowest BCUT2D eigenvalue weighted by atomic mass is 9.92. The largest absolute Gasteiger partial charge is 0.465 e. The normalized spacial score (nSPS) is 16.8. The summed E-state index contributed by atoms with van der Waals surface area (Å²) in [6.07, 6.45) is 10.5. The lowest BCUT2D eigenvalue weighted by molar-refractivity contribution is -0.115.